The van der Waals surface area contributed by atoms with Gasteiger partial charge in [-0.15, -0.1) is 10.2 Å². The van der Waals surface area contributed by atoms with Crippen molar-refractivity contribution in [1.29, 1.82) is 0 Å². The lowest BCUT2D eigenvalue weighted by Crippen LogP contribution is -2.42. The predicted octanol–water partition coefficient (Wildman–Crippen LogP) is 1.58. The van der Waals surface area contributed by atoms with Crippen LogP contribution in [0.25, 0.3) is 11.5 Å². The van der Waals surface area contributed by atoms with Crippen LogP contribution in [0.5, 0.6) is 0 Å². The fraction of sp³-hybridized carbons (Fsp3) is 0.357. The summed E-state index contributed by atoms with van der Waals surface area (Å²) in [4.78, 5) is 12.0. The van der Waals surface area contributed by atoms with Crippen LogP contribution in [-0.2, 0) is 0 Å². The monoisotopic (exact) mass is 307 g/mol. The van der Waals surface area contributed by atoms with E-state index in [0.29, 0.717) is 17.2 Å². The Hall–Kier alpha value is -1.86. The van der Waals surface area contributed by atoms with Crippen molar-refractivity contribution in [2.75, 3.05) is 18.6 Å². The molecule has 1 aromatic carbocycles. The summed E-state index contributed by atoms with van der Waals surface area (Å²) in [7, 11) is 0. The molecule has 1 amide bonds. The van der Waals surface area contributed by atoms with Crippen LogP contribution in [0.4, 0.5) is 0 Å². The summed E-state index contributed by atoms with van der Waals surface area (Å²) in [5, 5.41) is 20.1. The van der Waals surface area contributed by atoms with Crippen molar-refractivity contribution in [3.63, 3.8) is 0 Å². The molecule has 2 N–H and O–H groups in total. The summed E-state index contributed by atoms with van der Waals surface area (Å²) in [5.74, 6) is 0.738. The van der Waals surface area contributed by atoms with Gasteiger partial charge >= 0.3 is 0 Å². The van der Waals surface area contributed by atoms with Gasteiger partial charge < -0.3 is 14.8 Å². The van der Waals surface area contributed by atoms with E-state index >= 15 is 0 Å². The number of carbonyl (C=O) groups is 1. The molecule has 21 heavy (non-hydrogen) atoms. The molecule has 0 saturated heterocycles. The Morgan fingerprint density at radius 1 is 1.43 bits per heavy atom. The van der Waals surface area contributed by atoms with E-state index < -0.39 is 5.60 Å². The molecule has 112 valence electrons. The quantitative estimate of drug-likeness (QED) is 0.842. The summed E-state index contributed by atoms with van der Waals surface area (Å²) in [6, 6.07) is 6.83. The first-order valence-electron chi connectivity index (χ1n) is 6.38. The highest BCUT2D eigenvalue weighted by atomic mass is 32.2. The summed E-state index contributed by atoms with van der Waals surface area (Å²) < 4.78 is 5.08. The van der Waals surface area contributed by atoms with E-state index in [2.05, 4.69) is 15.5 Å². The van der Waals surface area contributed by atoms with Gasteiger partial charge in [-0.05, 0) is 37.4 Å². The van der Waals surface area contributed by atoms with Gasteiger partial charge in [-0.25, -0.2) is 0 Å². The number of nitrogens with one attached hydrogen (secondary N) is 1. The highest BCUT2D eigenvalue weighted by molar-refractivity contribution is 7.98. The average Bonchev–Trinajstić information content (AvgIpc) is 2.99. The second-order valence-corrected chi connectivity index (χ2v) is 5.80. The van der Waals surface area contributed by atoms with Crippen molar-refractivity contribution >= 4 is 17.7 Å². The van der Waals surface area contributed by atoms with Gasteiger partial charge in [-0.1, -0.05) is 0 Å². The molecule has 0 spiro atoms. The van der Waals surface area contributed by atoms with Crippen LogP contribution in [-0.4, -0.2) is 45.4 Å². The van der Waals surface area contributed by atoms with E-state index in [4.69, 9.17) is 4.42 Å². The van der Waals surface area contributed by atoms with E-state index in [-0.39, 0.29) is 12.5 Å². The van der Waals surface area contributed by atoms with Gasteiger partial charge in [-0.2, -0.15) is 11.8 Å². The molecule has 0 radical (unpaired) electrons. The van der Waals surface area contributed by atoms with Crippen molar-refractivity contribution in [2.45, 2.75) is 12.5 Å². The molecule has 0 aliphatic rings. The molecule has 7 heteroatoms. The van der Waals surface area contributed by atoms with Crippen molar-refractivity contribution in [3.05, 3.63) is 36.2 Å². The number of amides is 1. The standard InChI is InChI=1S/C14H17N3O3S/c1-14(19,8-21-2)7-15-12(18)10-3-5-11(6-4-10)13-17-16-9-20-13/h3-6,9,19H,7-8H2,1-2H3,(H,15,18). The summed E-state index contributed by atoms with van der Waals surface area (Å²) in [6.07, 6.45) is 3.16. The van der Waals surface area contributed by atoms with Crippen molar-refractivity contribution in [3.8, 4) is 11.5 Å². The molecule has 2 aromatic rings. The third-order valence-electron chi connectivity index (χ3n) is 2.84. The van der Waals surface area contributed by atoms with Crippen molar-refractivity contribution in [1.82, 2.24) is 15.5 Å². The summed E-state index contributed by atoms with van der Waals surface area (Å²) in [6.45, 7) is 1.90. The molecule has 0 bridgehead atoms. The van der Waals surface area contributed by atoms with Gasteiger partial charge in [0.2, 0.25) is 12.3 Å². The molecule has 0 aliphatic carbocycles. The zero-order valence-electron chi connectivity index (χ0n) is 11.9. The SMILES string of the molecule is CSCC(C)(O)CNC(=O)c1ccc(-c2nnco2)cc1. The summed E-state index contributed by atoms with van der Waals surface area (Å²) >= 11 is 1.53. The maximum atomic E-state index is 12.0. The van der Waals surface area contributed by atoms with Gasteiger partial charge in [0, 0.05) is 23.4 Å². The highest BCUT2D eigenvalue weighted by Crippen LogP contribution is 2.16. The van der Waals surface area contributed by atoms with Crippen LogP contribution in [0.3, 0.4) is 0 Å². The fourth-order valence-electron chi connectivity index (χ4n) is 1.80. The topological polar surface area (TPSA) is 88.2 Å². The Kier molecular flexibility index (Phi) is 4.98. The van der Waals surface area contributed by atoms with Gasteiger partial charge in [-0.3, -0.25) is 4.79 Å². The molecule has 2 rings (SSSR count). The Morgan fingerprint density at radius 3 is 2.71 bits per heavy atom. The van der Waals surface area contributed by atoms with Crippen LogP contribution in [0.15, 0.2) is 35.1 Å². The van der Waals surface area contributed by atoms with Gasteiger partial charge in [0.15, 0.2) is 0 Å². The minimum absolute atomic E-state index is 0.206. The molecule has 0 aliphatic heterocycles. The van der Waals surface area contributed by atoms with E-state index in [1.165, 1.54) is 18.2 Å². The maximum Gasteiger partial charge on any atom is 0.251 e. The molecular formula is C14H17N3O3S. The third-order valence-corrected chi connectivity index (χ3v) is 3.75. The fourth-order valence-corrected chi connectivity index (χ4v) is 2.52. The van der Waals surface area contributed by atoms with Gasteiger partial charge in [0.25, 0.3) is 5.91 Å². The second kappa shape index (κ2) is 6.73. The first-order valence-corrected chi connectivity index (χ1v) is 7.77. The van der Waals surface area contributed by atoms with E-state index in [0.717, 1.165) is 5.56 Å². The Bertz CT molecular complexity index is 582. The molecule has 0 saturated carbocycles. The molecular weight excluding hydrogens is 290 g/mol. The lowest BCUT2D eigenvalue weighted by Gasteiger charge is -2.22. The normalized spacial score (nSPS) is 13.7. The largest absolute Gasteiger partial charge is 0.423 e. The number of hydrogen-bond acceptors (Lipinski definition) is 6. The van der Waals surface area contributed by atoms with E-state index in [9.17, 15) is 9.90 Å². The first kappa shape index (κ1) is 15.5. The molecule has 1 heterocycles. The minimum Gasteiger partial charge on any atom is -0.423 e. The third kappa shape index (κ3) is 4.30. The molecule has 0 fully saturated rings. The molecule has 1 atom stereocenters. The predicted molar refractivity (Wildman–Crippen MR) is 81.1 cm³/mol. The number of rotatable bonds is 6. The van der Waals surface area contributed by atoms with Crippen LogP contribution in [0.2, 0.25) is 0 Å². The molecule has 6 nitrogen and oxygen atoms in total. The van der Waals surface area contributed by atoms with Crippen LogP contribution >= 0.6 is 11.8 Å². The highest BCUT2D eigenvalue weighted by Gasteiger charge is 2.20. The lowest BCUT2D eigenvalue weighted by molar-refractivity contribution is 0.0725. The summed E-state index contributed by atoms with van der Waals surface area (Å²) in [5.41, 5.74) is 0.343. The Morgan fingerprint density at radius 2 is 2.14 bits per heavy atom. The zero-order valence-corrected chi connectivity index (χ0v) is 12.7. The van der Waals surface area contributed by atoms with Crippen molar-refractivity contribution < 1.29 is 14.3 Å². The van der Waals surface area contributed by atoms with Crippen LogP contribution < -0.4 is 5.32 Å². The van der Waals surface area contributed by atoms with Gasteiger partial charge in [0.1, 0.15) is 0 Å². The van der Waals surface area contributed by atoms with E-state index in [1.807, 2.05) is 6.26 Å². The number of aliphatic hydroxyl groups is 1. The smallest absolute Gasteiger partial charge is 0.251 e. The molecule has 1 aromatic heterocycles. The second-order valence-electron chi connectivity index (χ2n) is 4.93. The first-order chi connectivity index (χ1) is 10.0. The zero-order chi connectivity index (χ0) is 15.3. The number of aromatic nitrogens is 2. The number of thioether (sulfide) groups is 1. The number of benzene rings is 1. The number of nitrogens with zero attached hydrogens (tertiary/aromatic N) is 2. The maximum absolute atomic E-state index is 12.0. The van der Waals surface area contributed by atoms with Crippen LogP contribution in [0, 0.1) is 0 Å². The lowest BCUT2D eigenvalue weighted by atomic mass is 10.1. The van der Waals surface area contributed by atoms with Crippen molar-refractivity contribution in [2.24, 2.45) is 0 Å². The van der Waals surface area contributed by atoms with Crippen LogP contribution in [0.1, 0.15) is 17.3 Å². The Labute approximate surface area is 127 Å². The average molecular weight is 307 g/mol. The molecule has 1 unspecified atom stereocenters. The Balaban J connectivity index is 1.97. The number of carbonyl (C=O) groups excluding carboxylic acids is 1. The van der Waals surface area contributed by atoms with Gasteiger partial charge in [0.05, 0.1) is 5.60 Å². The minimum atomic E-state index is -0.918. The number of hydrogen-bond donors (Lipinski definition) is 2. The van der Waals surface area contributed by atoms with E-state index in [1.54, 1.807) is 31.2 Å².